The predicted molar refractivity (Wildman–Crippen MR) is 127 cm³/mol. The number of carbonyl (C=O) groups is 1. The number of aliphatic hydroxyl groups is 1. The molecular weight excluding hydrogens is 458 g/mol. The average molecular weight is 480 g/mol. The van der Waals surface area contributed by atoms with Crippen LogP contribution in [0.2, 0.25) is 5.02 Å². The van der Waals surface area contributed by atoms with Gasteiger partial charge in [0.2, 0.25) is 5.78 Å². The third-order valence-corrected chi connectivity index (χ3v) is 5.96. The summed E-state index contributed by atoms with van der Waals surface area (Å²) in [7, 11) is 0. The lowest BCUT2D eigenvalue weighted by Crippen LogP contribution is -2.36. The van der Waals surface area contributed by atoms with E-state index in [4.69, 9.17) is 21.1 Å². The van der Waals surface area contributed by atoms with E-state index in [1.165, 1.54) is 6.33 Å². The van der Waals surface area contributed by atoms with Gasteiger partial charge in [-0.25, -0.2) is 9.97 Å². The Bertz CT molecular complexity index is 1310. The predicted octanol–water partition coefficient (Wildman–Crippen LogP) is 3.98. The number of nitrogens with one attached hydrogen (secondary N) is 2. The van der Waals surface area contributed by atoms with Gasteiger partial charge in [0.25, 0.3) is 0 Å². The molecule has 1 aliphatic rings. The van der Waals surface area contributed by atoms with Crippen molar-refractivity contribution >= 4 is 34.2 Å². The minimum absolute atomic E-state index is 0.000785. The molecule has 174 valence electrons. The number of fused-ring (bicyclic) bond motifs is 1. The zero-order valence-corrected chi connectivity index (χ0v) is 18.8. The smallest absolute Gasteiger partial charge is 0.215 e. The molecule has 0 radical (unpaired) electrons. The molecule has 0 aliphatic carbocycles. The summed E-state index contributed by atoms with van der Waals surface area (Å²) < 4.78 is 11.4. The average Bonchev–Trinajstić information content (AvgIpc) is 3.30. The Morgan fingerprint density at radius 2 is 2.03 bits per heavy atom. The number of anilines is 1. The summed E-state index contributed by atoms with van der Waals surface area (Å²) in [4.78, 5) is 21.9. The maximum atomic E-state index is 13.4. The number of para-hydroxylation sites is 1. The number of halogens is 1. The lowest BCUT2D eigenvalue weighted by molar-refractivity contribution is -0.0224. The largest absolute Gasteiger partial charge is 0.457 e. The lowest BCUT2D eigenvalue weighted by Gasteiger charge is -2.28. The van der Waals surface area contributed by atoms with Crippen molar-refractivity contribution in [1.82, 2.24) is 20.2 Å². The highest BCUT2D eigenvalue weighted by Crippen LogP contribution is 2.31. The molecule has 1 fully saturated rings. The van der Waals surface area contributed by atoms with Crippen LogP contribution in [0.25, 0.3) is 11.0 Å². The third-order valence-electron chi connectivity index (χ3n) is 5.65. The van der Waals surface area contributed by atoms with E-state index < -0.39 is 0 Å². The summed E-state index contributed by atoms with van der Waals surface area (Å²) >= 11 is 6.46. The molecule has 3 heterocycles. The molecule has 1 saturated heterocycles. The van der Waals surface area contributed by atoms with Gasteiger partial charge < -0.3 is 19.9 Å². The topological polar surface area (TPSA) is 122 Å². The first-order chi connectivity index (χ1) is 16.6. The van der Waals surface area contributed by atoms with Gasteiger partial charge >= 0.3 is 0 Å². The second-order valence-corrected chi connectivity index (χ2v) is 8.37. The molecule has 10 heteroatoms. The zero-order valence-electron chi connectivity index (χ0n) is 18.1. The molecule has 0 spiro atoms. The monoisotopic (exact) mass is 479 g/mol. The quantitative estimate of drug-likeness (QED) is 0.340. The fourth-order valence-corrected chi connectivity index (χ4v) is 4.14. The number of ketones is 1. The summed E-state index contributed by atoms with van der Waals surface area (Å²) in [5.41, 5.74) is 0.893. The minimum atomic E-state index is -0.361. The Morgan fingerprint density at radius 3 is 2.76 bits per heavy atom. The molecule has 0 saturated carbocycles. The maximum absolute atomic E-state index is 13.4. The van der Waals surface area contributed by atoms with Crippen LogP contribution < -0.4 is 10.1 Å². The molecule has 4 aromatic rings. The van der Waals surface area contributed by atoms with E-state index in [0.29, 0.717) is 35.0 Å². The standard InChI is InChI=1S/C24H22ClN5O4/c25-19-10-16(34-15-4-2-1-3-5-15)8-9-18(19)22(32)21-20-23(26-13-27-24(20)30-29-21)28-14-6-7-17(11-31)33-12-14/h1-5,8-10,13-14,17,31H,6-7,11-12H2,(H2,26,27,28,29,30)/t14-,17?/m1/s1. The fourth-order valence-electron chi connectivity index (χ4n) is 3.89. The molecule has 2 aromatic carbocycles. The highest BCUT2D eigenvalue weighted by atomic mass is 35.5. The molecule has 5 rings (SSSR count). The summed E-state index contributed by atoms with van der Waals surface area (Å²) in [5.74, 6) is 1.31. The summed E-state index contributed by atoms with van der Waals surface area (Å²) in [6.45, 7) is 0.424. The molecule has 2 aromatic heterocycles. The van der Waals surface area contributed by atoms with Crippen molar-refractivity contribution in [2.24, 2.45) is 0 Å². The number of aromatic amines is 1. The maximum Gasteiger partial charge on any atom is 0.215 e. The number of nitrogens with zero attached hydrogens (tertiary/aromatic N) is 3. The zero-order chi connectivity index (χ0) is 23.5. The Balaban J connectivity index is 1.40. The molecule has 9 nitrogen and oxygen atoms in total. The Labute approximate surface area is 200 Å². The minimum Gasteiger partial charge on any atom is -0.457 e. The second-order valence-electron chi connectivity index (χ2n) is 7.96. The van der Waals surface area contributed by atoms with Gasteiger partial charge in [-0.3, -0.25) is 9.89 Å². The Kier molecular flexibility index (Phi) is 6.39. The van der Waals surface area contributed by atoms with E-state index >= 15 is 0 Å². The first-order valence-corrected chi connectivity index (χ1v) is 11.3. The number of aliphatic hydroxyl groups excluding tert-OH is 1. The van der Waals surface area contributed by atoms with Crippen LogP contribution in [0.4, 0.5) is 5.82 Å². The van der Waals surface area contributed by atoms with Crippen molar-refractivity contribution in [2.75, 3.05) is 18.5 Å². The Hall–Kier alpha value is -3.53. The van der Waals surface area contributed by atoms with Gasteiger partial charge in [-0.15, -0.1) is 0 Å². The second kappa shape index (κ2) is 9.76. The Morgan fingerprint density at radius 1 is 1.18 bits per heavy atom. The number of aromatic nitrogens is 4. The number of benzene rings is 2. The van der Waals surface area contributed by atoms with Crippen molar-refractivity contribution in [3.63, 3.8) is 0 Å². The van der Waals surface area contributed by atoms with Crippen LogP contribution in [0.3, 0.4) is 0 Å². The van der Waals surface area contributed by atoms with Crippen molar-refractivity contribution in [3.8, 4) is 11.5 Å². The number of H-pyrrole nitrogens is 1. The number of carbonyl (C=O) groups excluding carboxylic acids is 1. The van der Waals surface area contributed by atoms with Gasteiger partial charge in [0.05, 0.1) is 35.8 Å². The first-order valence-electron chi connectivity index (χ1n) is 10.9. The SMILES string of the molecule is O=C(c1ccc(Oc2ccccc2)cc1Cl)c1n[nH]c2ncnc(N[C@@H]3CCC(CO)OC3)c12. The van der Waals surface area contributed by atoms with Gasteiger partial charge in [0.1, 0.15) is 29.3 Å². The normalized spacial score (nSPS) is 18.1. The van der Waals surface area contributed by atoms with Crippen LogP contribution in [-0.2, 0) is 4.74 Å². The van der Waals surface area contributed by atoms with Crippen molar-refractivity contribution in [2.45, 2.75) is 25.0 Å². The molecular formula is C24H22ClN5O4. The van der Waals surface area contributed by atoms with Gasteiger partial charge in [0.15, 0.2) is 5.65 Å². The third kappa shape index (κ3) is 4.58. The van der Waals surface area contributed by atoms with E-state index in [-0.39, 0.29) is 40.8 Å². The molecule has 34 heavy (non-hydrogen) atoms. The van der Waals surface area contributed by atoms with Crippen LogP contribution in [-0.4, -0.2) is 56.4 Å². The number of hydrogen-bond acceptors (Lipinski definition) is 8. The number of rotatable bonds is 7. The highest BCUT2D eigenvalue weighted by molar-refractivity contribution is 6.35. The van der Waals surface area contributed by atoms with E-state index in [2.05, 4.69) is 25.5 Å². The summed E-state index contributed by atoms with van der Waals surface area (Å²) in [6.07, 6.45) is 2.78. The molecule has 0 bridgehead atoms. The summed E-state index contributed by atoms with van der Waals surface area (Å²) in [5, 5.41) is 20.3. The van der Waals surface area contributed by atoms with Crippen LogP contribution in [0.1, 0.15) is 28.9 Å². The molecule has 0 amide bonds. The molecule has 2 atom stereocenters. The molecule has 1 aliphatic heterocycles. The lowest BCUT2D eigenvalue weighted by atomic mass is 10.0. The van der Waals surface area contributed by atoms with Crippen molar-refractivity contribution < 1.29 is 19.4 Å². The van der Waals surface area contributed by atoms with Crippen LogP contribution >= 0.6 is 11.6 Å². The van der Waals surface area contributed by atoms with Crippen molar-refractivity contribution in [3.05, 3.63) is 71.1 Å². The van der Waals surface area contributed by atoms with Gasteiger partial charge in [-0.1, -0.05) is 29.8 Å². The van der Waals surface area contributed by atoms with Gasteiger partial charge in [-0.2, -0.15) is 5.10 Å². The number of hydrogen-bond donors (Lipinski definition) is 3. The van der Waals surface area contributed by atoms with E-state index in [1.54, 1.807) is 18.2 Å². The number of ether oxygens (including phenoxy) is 2. The highest BCUT2D eigenvalue weighted by Gasteiger charge is 2.26. The van der Waals surface area contributed by atoms with E-state index in [0.717, 1.165) is 12.8 Å². The molecule has 1 unspecified atom stereocenters. The molecule has 3 N–H and O–H groups in total. The summed E-state index contributed by atoms with van der Waals surface area (Å²) in [6, 6.07) is 14.2. The van der Waals surface area contributed by atoms with Crippen LogP contribution in [0, 0.1) is 0 Å². The van der Waals surface area contributed by atoms with Gasteiger partial charge in [-0.05, 0) is 37.1 Å². The van der Waals surface area contributed by atoms with Crippen molar-refractivity contribution in [1.29, 1.82) is 0 Å². The fraction of sp³-hybridized carbons (Fsp3) is 0.250. The van der Waals surface area contributed by atoms with E-state index in [9.17, 15) is 9.90 Å². The first kappa shape index (κ1) is 22.3. The van der Waals surface area contributed by atoms with E-state index in [1.807, 2.05) is 30.3 Å². The van der Waals surface area contributed by atoms with Crippen LogP contribution in [0.15, 0.2) is 54.9 Å². The van der Waals surface area contributed by atoms with Gasteiger partial charge in [0, 0.05) is 11.6 Å². The van der Waals surface area contributed by atoms with Crippen LogP contribution in [0.5, 0.6) is 11.5 Å².